The van der Waals surface area contributed by atoms with Crippen molar-refractivity contribution in [3.8, 4) is 0 Å². The van der Waals surface area contributed by atoms with E-state index in [-0.39, 0.29) is 0 Å². The fourth-order valence-electron chi connectivity index (χ4n) is 3.23. The molecule has 0 N–H and O–H groups in total. The zero-order valence-corrected chi connectivity index (χ0v) is 14.3. The summed E-state index contributed by atoms with van der Waals surface area (Å²) < 4.78 is 0. The van der Waals surface area contributed by atoms with E-state index in [0.29, 0.717) is 11.8 Å². The van der Waals surface area contributed by atoms with Crippen molar-refractivity contribution in [1.82, 2.24) is 4.90 Å². The van der Waals surface area contributed by atoms with Gasteiger partial charge in [0.25, 0.3) is 0 Å². The molecule has 124 valence electrons. The molecule has 1 amide bonds. The molecule has 0 saturated heterocycles. The molecule has 0 aromatic rings. The monoisotopic (exact) mass is 303 g/mol. The van der Waals surface area contributed by atoms with Crippen molar-refractivity contribution in [2.45, 2.75) is 64.7 Å². The van der Waals surface area contributed by atoms with Crippen LogP contribution >= 0.6 is 0 Å². The maximum Gasteiger partial charge on any atom is 0.225 e. The largest absolute Gasteiger partial charge is 0.338 e. The Morgan fingerprint density at radius 2 is 1.95 bits per heavy atom. The molecule has 0 aromatic carbocycles. The summed E-state index contributed by atoms with van der Waals surface area (Å²) in [5, 5.41) is 0. The minimum Gasteiger partial charge on any atom is -0.338 e. The summed E-state index contributed by atoms with van der Waals surface area (Å²) in [6, 6.07) is 0. The van der Waals surface area contributed by atoms with Crippen molar-refractivity contribution in [2.24, 2.45) is 17.8 Å². The highest BCUT2D eigenvalue weighted by atomic mass is 16.2. The summed E-state index contributed by atoms with van der Waals surface area (Å²) >= 11 is 0. The number of rotatable bonds is 12. The van der Waals surface area contributed by atoms with Gasteiger partial charge in [-0.15, -0.1) is 6.58 Å². The van der Waals surface area contributed by atoms with Gasteiger partial charge in [0.15, 0.2) is 0 Å². The van der Waals surface area contributed by atoms with Gasteiger partial charge in [-0.1, -0.05) is 38.0 Å². The lowest BCUT2D eigenvalue weighted by molar-refractivity contribution is -0.132. The minimum absolute atomic E-state index is 0.336. The molecule has 2 nitrogen and oxygen atoms in total. The highest BCUT2D eigenvalue weighted by Crippen LogP contribution is 2.43. The van der Waals surface area contributed by atoms with Crippen LogP contribution in [0.1, 0.15) is 64.7 Å². The second-order valence-electron chi connectivity index (χ2n) is 7.11. The molecule has 2 fully saturated rings. The van der Waals surface area contributed by atoms with Crippen LogP contribution in [-0.4, -0.2) is 23.9 Å². The van der Waals surface area contributed by atoms with Gasteiger partial charge < -0.3 is 4.90 Å². The smallest absolute Gasteiger partial charge is 0.225 e. The van der Waals surface area contributed by atoms with E-state index in [1.54, 1.807) is 0 Å². The van der Waals surface area contributed by atoms with Gasteiger partial charge in [-0.3, -0.25) is 4.79 Å². The van der Waals surface area contributed by atoms with Crippen molar-refractivity contribution in [1.29, 1.82) is 0 Å². The molecular formula is C20H33NO. The summed E-state index contributed by atoms with van der Waals surface area (Å²) in [5.74, 6) is 2.31. The molecule has 0 radical (unpaired) electrons. The Morgan fingerprint density at radius 1 is 1.18 bits per heavy atom. The Bertz CT molecular complexity index is 383. The van der Waals surface area contributed by atoms with Gasteiger partial charge in [-0.05, 0) is 56.8 Å². The number of carbonyl (C=O) groups excluding carboxylic acids is 1. The van der Waals surface area contributed by atoms with Crippen molar-refractivity contribution in [2.75, 3.05) is 13.1 Å². The maximum absolute atomic E-state index is 12.2. The molecule has 0 heterocycles. The van der Waals surface area contributed by atoms with Gasteiger partial charge in [0.05, 0.1) is 0 Å². The Kier molecular flexibility index (Phi) is 7.21. The highest BCUT2D eigenvalue weighted by Gasteiger charge is 2.40. The first kappa shape index (κ1) is 17.3. The Labute approximate surface area is 136 Å². The molecule has 0 bridgehead atoms. The van der Waals surface area contributed by atoms with Gasteiger partial charge in [0.1, 0.15) is 0 Å². The third-order valence-electron chi connectivity index (χ3n) is 4.96. The zero-order chi connectivity index (χ0) is 15.8. The third kappa shape index (κ3) is 5.98. The number of hydrogen-bond acceptors (Lipinski definition) is 1. The molecule has 2 atom stereocenters. The Hall–Kier alpha value is -1.05. The lowest BCUT2D eigenvalue weighted by Gasteiger charge is -2.21. The van der Waals surface area contributed by atoms with E-state index >= 15 is 0 Å². The average molecular weight is 303 g/mol. The average Bonchev–Trinajstić information content (AvgIpc) is 3.41. The van der Waals surface area contributed by atoms with Gasteiger partial charge in [0.2, 0.25) is 5.91 Å². The standard InChI is InChI=1S/C20H33NO/c1-3-5-6-7-8-9-10-11-18-15-19(18)16-21(14-4-2)20(22)17-12-13-17/h4,8-9,17-19H,2-3,5-7,10-16H2,1H3/b9-8-. The van der Waals surface area contributed by atoms with Crippen LogP contribution in [0.15, 0.2) is 24.8 Å². The number of amides is 1. The number of nitrogens with zero attached hydrogens (tertiary/aromatic N) is 1. The zero-order valence-electron chi connectivity index (χ0n) is 14.3. The number of unbranched alkanes of at least 4 members (excludes halogenated alkanes) is 3. The quantitative estimate of drug-likeness (QED) is 0.368. The van der Waals surface area contributed by atoms with E-state index in [1.165, 1.54) is 44.9 Å². The first-order valence-electron chi connectivity index (χ1n) is 9.31. The lowest BCUT2D eigenvalue weighted by atomic mass is 10.1. The molecule has 2 aliphatic carbocycles. The number of allylic oxidation sites excluding steroid dienone is 2. The first-order chi connectivity index (χ1) is 10.8. The highest BCUT2D eigenvalue weighted by molar-refractivity contribution is 5.81. The van der Waals surface area contributed by atoms with E-state index in [9.17, 15) is 4.79 Å². The van der Waals surface area contributed by atoms with Crippen molar-refractivity contribution >= 4 is 5.91 Å². The summed E-state index contributed by atoms with van der Waals surface area (Å²) in [7, 11) is 0. The van der Waals surface area contributed by atoms with Crippen LogP contribution in [0.2, 0.25) is 0 Å². The Balaban J connectivity index is 1.58. The molecule has 0 spiro atoms. The number of hydrogen-bond donors (Lipinski definition) is 0. The van der Waals surface area contributed by atoms with Crippen LogP contribution in [0, 0.1) is 17.8 Å². The van der Waals surface area contributed by atoms with E-state index < -0.39 is 0 Å². The topological polar surface area (TPSA) is 20.3 Å². The van der Waals surface area contributed by atoms with E-state index in [1.807, 2.05) is 6.08 Å². The summed E-state index contributed by atoms with van der Waals surface area (Å²) in [4.78, 5) is 14.3. The molecule has 0 aromatic heterocycles. The molecule has 2 rings (SSSR count). The van der Waals surface area contributed by atoms with E-state index in [2.05, 4.69) is 30.6 Å². The molecule has 2 heteroatoms. The summed E-state index contributed by atoms with van der Waals surface area (Å²) in [5.41, 5.74) is 0. The predicted octanol–water partition coefficient (Wildman–Crippen LogP) is 4.96. The van der Waals surface area contributed by atoms with Gasteiger partial charge >= 0.3 is 0 Å². The molecule has 22 heavy (non-hydrogen) atoms. The van der Waals surface area contributed by atoms with E-state index in [4.69, 9.17) is 0 Å². The van der Waals surface area contributed by atoms with Crippen LogP contribution in [0.3, 0.4) is 0 Å². The van der Waals surface area contributed by atoms with Crippen molar-refractivity contribution in [3.05, 3.63) is 24.8 Å². The fourth-order valence-corrected chi connectivity index (χ4v) is 3.23. The fraction of sp³-hybridized carbons (Fsp3) is 0.750. The summed E-state index contributed by atoms with van der Waals surface area (Å²) in [6.45, 7) is 7.74. The van der Waals surface area contributed by atoms with Crippen LogP contribution < -0.4 is 0 Å². The summed E-state index contributed by atoms with van der Waals surface area (Å²) in [6.07, 6.45) is 17.8. The normalized spacial score (nSPS) is 23.7. The molecular weight excluding hydrogens is 270 g/mol. The molecule has 0 aliphatic heterocycles. The predicted molar refractivity (Wildman–Crippen MR) is 93.6 cm³/mol. The number of carbonyl (C=O) groups is 1. The van der Waals surface area contributed by atoms with Crippen LogP contribution in [0.5, 0.6) is 0 Å². The van der Waals surface area contributed by atoms with Crippen LogP contribution in [0.4, 0.5) is 0 Å². The van der Waals surface area contributed by atoms with Crippen LogP contribution in [0.25, 0.3) is 0 Å². The van der Waals surface area contributed by atoms with Gasteiger partial charge in [-0.2, -0.15) is 0 Å². The van der Waals surface area contributed by atoms with Crippen molar-refractivity contribution in [3.63, 3.8) is 0 Å². The SMILES string of the molecule is C=CCN(CC1CC1CC/C=C\CCCCC)C(=O)C1CC1. The van der Waals surface area contributed by atoms with E-state index in [0.717, 1.165) is 37.8 Å². The second kappa shape index (κ2) is 9.17. The van der Waals surface area contributed by atoms with Crippen molar-refractivity contribution < 1.29 is 4.79 Å². The van der Waals surface area contributed by atoms with Crippen LogP contribution in [-0.2, 0) is 4.79 Å². The first-order valence-corrected chi connectivity index (χ1v) is 9.31. The lowest BCUT2D eigenvalue weighted by Crippen LogP contribution is -2.34. The Morgan fingerprint density at radius 3 is 2.64 bits per heavy atom. The molecule has 2 aliphatic rings. The maximum atomic E-state index is 12.2. The van der Waals surface area contributed by atoms with Gasteiger partial charge in [0, 0.05) is 19.0 Å². The molecule has 2 unspecified atom stereocenters. The molecule has 2 saturated carbocycles. The van der Waals surface area contributed by atoms with Gasteiger partial charge in [-0.25, -0.2) is 0 Å². The third-order valence-corrected chi connectivity index (χ3v) is 4.96. The second-order valence-corrected chi connectivity index (χ2v) is 7.11. The minimum atomic E-state index is 0.336.